The molecule has 0 radical (unpaired) electrons. The third-order valence-electron chi connectivity index (χ3n) is 3.36. The van der Waals surface area contributed by atoms with E-state index in [0.717, 1.165) is 9.13 Å². The monoisotopic (exact) mass is 357 g/mol. The Hall–Kier alpha value is -2.95. The normalized spacial score (nSPS) is 10.8. The SMILES string of the molecule is CCn1c(=O)c2c(=O)c([N+](=O)[O-])c(NC(=O)CCl)[nH]c2n(C)c1=O. The number of nitro groups is 1. The molecule has 11 nitrogen and oxygen atoms in total. The van der Waals surface area contributed by atoms with Gasteiger partial charge in [0.15, 0.2) is 5.82 Å². The fourth-order valence-electron chi connectivity index (χ4n) is 2.24. The molecule has 0 aliphatic carbocycles. The molecule has 0 saturated heterocycles. The molecule has 2 heterocycles. The number of aryl methyl sites for hydroxylation is 1. The zero-order chi connectivity index (χ0) is 18.2. The van der Waals surface area contributed by atoms with Gasteiger partial charge in [-0.3, -0.25) is 33.6 Å². The van der Waals surface area contributed by atoms with E-state index in [0.29, 0.717) is 0 Å². The van der Waals surface area contributed by atoms with Gasteiger partial charge in [-0.25, -0.2) is 4.79 Å². The topological polar surface area (TPSA) is 149 Å². The van der Waals surface area contributed by atoms with Crippen molar-refractivity contribution in [2.24, 2.45) is 7.05 Å². The Labute approximate surface area is 137 Å². The number of anilines is 1. The first-order valence-electron chi connectivity index (χ1n) is 6.64. The van der Waals surface area contributed by atoms with Crippen LogP contribution in [0.1, 0.15) is 6.92 Å². The molecule has 0 unspecified atom stereocenters. The van der Waals surface area contributed by atoms with Crippen molar-refractivity contribution < 1.29 is 9.72 Å². The molecule has 0 bridgehead atoms. The van der Waals surface area contributed by atoms with Crippen molar-refractivity contribution in [1.82, 2.24) is 14.1 Å². The molecule has 128 valence electrons. The fraction of sp³-hybridized carbons (Fsp3) is 0.333. The van der Waals surface area contributed by atoms with Crippen molar-refractivity contribution >= 4 is 40.0 Å². The van der Waals surface area contributed by atoms with Crippen molar-refractivity contribution in [3.8, 4) is 0 Å². The Kier molecular flexibility index (Phi) is 4.55. The molecule has 2 N–H and O–H groups in total. The van der Waals surface area contributed by atoms with Gasteiger partial charge < -0.3 is 10.3 Å². The van der Waals surface area contributed by atoms with Crippen LogP contribution in [-0.2, 0) is 18.4 Å². The number of pyridine rings is 1. The number of rotatable bonds is 4. The van der Waals surface area contributed by atoms with Crippen LogP contribution >= 0.6 is 11.6 Å². The van der Waals surface area contributed by atoms with Crippen LogP contribution in [0.15, 0.2) is 14.4 Å². The van der Waals surface area contributed by atoms with Crippen LogP contribution in [0.25, 0.3) is 11.0 Å². The summed E-state index contributed by atoms with van der Waals surface area (Å²) in [4.78, 5) is 60.8. The van der Waals surface area contributed by atoms with Gasteiger partial charge in [0.05, 0.1) is 4.92 Å². The Morgan fingerprint density at radius 1 is 1.38 bits per heavy atom. The highest BCUT2D eigenvalue weighted by atomic mass is 35.5. The second-order valence-corrected chi connectivity index (χ2v) is 5.00. The number of carbonyl (C=O) groups excluding carboxylic acids is 1. The van der Waals surface area contributed by atoms with Crippen LogP contribution in [0, 0.1) is 10.1 Å². The van der Waals surface area contributed by atoms with E-state index >= 15 is 0 Å². The summed E-state index contributed by atoms with van der Waals surface area (Å²) in [7, 11) is 1.28. The lowest BCUT2D eigenvalue weighted by atomic mass is 10.2. The Bertz CT molecular complexity index is 1030. The molecule has 0 fully saturated rings. The summed E-state index contributed by atoms with van der Waals surface area (Å²) in [5.41, 5.74) is -4.12. The lowest BCUT2D eigenvalue weighted by Crippen LogP contribution is -2.41. The van der Waals surface area contributed by atoms with Crippen LogP contribution in [-0.4, -0.2) is 30.8 Å². The average Bonchev–Trinajstić information content (AvgIpc) is 2.52. The third kappa shape index (κ3) is 2.58. The largest absolute Gasteiger partial charge is 0.357 e. The summed E-state index contributed by atoms with van der Waals surface area (Å²) in [6, 6.07) is 0. The van der Waals surface area contributed by atoms with Crippen LogP contribution in [0.5, 0.6) is 0 Å². The summed E-state index contributed by atoms with van der Waals surface area (Å²) >= 11 is 5.33. The maximum atomic E-state index is 12.4. The zero-order valence-corrected chi connectivity index (χ0v) is 13.3. The van der Waals surface area contributed by atoms with E-state index in [1.165, 1.54) is 14.0 Å². The van der Waals surface area contributed by atoms with Crippen molar-refractivity contribution in [3.05, 3.63) is 41.2 Å². The second kappa shape index (κ2) is 6.28. The quantitative estimate of drug-likeness (QED) is 0.427. The highest BCUT2D eigenvalue weighted by Crippen LogP contribution is 2.19. The summed E-state index contributed by atoms with van der Waals surface area (Å²) < 4.78 is 1.74. The van der Waals surface area contributed by atoms with Crippen molar-refractivity contribution in [3.63, 3.8) is 0 Å². The molecule has 0 aliphatic heterocycles. The third-order valence-corrected chi connectivity index (χ3v) is 3.60. The number of H-pyrrole nitrogens is 1. The number of fused-ring (bicyclic) bond motifs is 1. The first kappa shape index (κ1) is 17.4. The summed E-state index contributed by atoms with van der Waals surface area (Å²) in [6.07, 6.45) is 0. The number of hydrogen-bond acceptors (Lipinski definition) is 6. The number of nitrogens with one attached hydrogen (secondary N) is 2. The minimum atomic E-state index is -1.21. The number of aromatic nitrogens is 3. The Morgan fingerprint density at radius 3 is 2.50 bits per heavy atom. The number of amides is 1. The van der Waals surface area contributed by atoms with E-state index in [-0.39, 0.29) is 12.2 Å². The van der Waals surface area contributed by atoms with Gasteiger partial charge in [0.25, 0.3) is 11.0 Å². The molecule has 12 heteroatoms. The standard InChI is InChI=1S/C12H12ClN5O6/c1-3-17-11(21)6-8(20)7(18(23)24)9(14-5(19)4-13)15-10(6)16(2)12(17)22/h3-4H2,1-2H3,(H2,14,15,19,20). The van der Waals surface area contributed by atoms with Gasteiger partial charge in [0, 0.05) is 13.6 Å². The number of carbonyl (C=O) groups is 1. The van der Waals surface area contributed by atoms with Crippen LogP contribution < -0.4 is 22.0 Å². The number of aromatic amines is 1. The molecular formula is C12H12ClN5O6. The molecule has 0 aromatic carbocycles. The van der Waals surface area contributed by atoms with E-state index in [9.17, 15) is 29.3 Å². The van der Waals surface area contributed by atoms with Crippen LogP contribution in [0.4, 0.5) is 11.5 Å². The predicted molar refractivity (Wildman–Crippen MR) is 85.7 cm³/mol. The van der Waals surface area contributed by atoms with E-state index in [1.807, 2.05) is 0 Å². The number of alkyl halides is 1. The summed E-state index contributed by atoms with van der Waals surface area (Å²) in [6.45, 7) is 1.51. The molecule has 2 rings (SSSR count). The van der Waals surface area contributed by atoms with Crippen molar-refractivity contribution in [2.75, 3.05) is 11.2 Å². The molecule has 0 spiro atoms. The fourth-order valence-corrected chi connectivity index (χ4v) is 2.31. The van der Waals surface area contributed by atoms with Crippen LogP contribution in [0.2, 0.25) is 0 Å². The molecule has 24 heavy (non-hydrogen) atoms. The molecule has 2 aromatic rings. The van der Waals surface area contributed by atoms with Gasteiger partial charge in [-0.05, 0) is 6.92 Å². The summed E-state index contributed by atoms with van der Waals surface area (Å²) in [5.74, 6) is -1.86. The summed E-state index contributed by atoms with van der Waals surface area (Å²) in [5, 5.41) is 12.7. The first-order chi connectivity index (χ1) is 11.2. The highest BCUT2D eigenvalue weighted by molar-refractivity contribution is 6.29. The molecule has 1 amide bonds. The van der Waals surface area contributed by atoms with Crippen LogP contribution in [0.3, 0.4) is 0 Å². The maximum absolute atomic E-state index is 12.4. The highest BCUT2D eigenvalue weighted by Gasteiger charge is 2.27. The van der Waals surface area contributed by atoms with Gasteiger partial charge in [0.1, 0.15) is 16.9 Å². The number of nitrogens with zero attached hydrogens (tertiary/aromatic N) is 3. The number of hydrogen-bond donors (Lipinski definition) is 2. The lowest BCUT2D eigenvalue weighted by Gasteiger charge is -2.11. The maximum Gasteiger partial charge on any atom is 0.357 e. The second-order valence-electron chi connectivity index (χ2n) is 4.73. The smallest absolute Gasteiger partial charge is 0.321 e. The van der Waals surface area contributed by atoms with Gasteiger partial charge in [0.2, 0.25) is 5.91 Å². The molecule has 0 atom stereocenters. The van der Waals surface area contributed by atoms with Gasteiger partial charge in [-0.1, -0.05) is 0 Å². The van der Waals surface area contributed by atoms with E-state index in [1.54, 1.807) is 0 Å². The Balaban J connectivity index is 3.06. The minimum absolute atomic E-state index is 0.0145. The van der Waals surface area contributed by atoms with Gasteiger partial charge in [-0.2, -0.15) is 0 Å². The predicted octanol–water partition coefficient (Wildman–Crippen LogP) is -0.506. The molecular weight excluding hydrogens is 346 g/mol. The van der Waals surface area contributed by atoms with Crippen molar-refractivity contribution in [2.45, 2.75) is 13.5 Å². The van der Waals surface area contributed by atoms with E-state index < -0.39 is 50.3 Å². The van der Waals surface area contributed by atoms with Crippen molar-refractivity contribution in [1.29, 1.82) is 0 Å². The zero-order valence-electron chi connectivity index (χ0n) is 12.6. The lowest BCUT2D eigenvalue weighted by molar-refractivity contribution is -0.385. The molecule has 0 aliphatic rings. The molecule has 2 aromatic heterocycles. The van der Waals surface area contributed by atoms with Gasteiger partial charge >= 0.3 is 11.4 Å². The molecule has 0 saturated carbocycles. The minimum Gasteiger partial charge on any atom is -0.321 e. The first-order valence-corrected chi connectivity index (χ1v) is 7.18. The average molecular weight is 358 g/mol. The van der Waals surface area contributed by atoms with E-state index in [4.69, 9.17) is 11.6 Å². The Morgan fingerprint density at radius 2 is 2.00 bits per heavy atom. The number of halogens is 1. The van der Waals surface area contributed by atoms with Gasteiger partial charge in [-0.15, -0.1) is 11.6 Å². The van der Waals surface area contributed by atoms with E-state index in [2.05, 4.69) is 10.3 Å².